The fraction of sp³-hybridized carbons (Fsp3) is 1.00. The SMILES string of the molecule is NCCCNCCCCCO. The predicted molar refractivity (Wildman–Crippen MR) is 47.5 cm³/mol. The fourth-order valence-corrected chi connectivity index (χ4v) is 0.891. The number of hydrogen-bond acceptors (Lipinski definition) is 3. The summed E-state index contributed by atoms with van der Waals surface area (Å²) in [4.78, 5) is 0. The summed E-state index contributed by atoms with van der Waals surface area (Å²) in [6, 6.07) is 0. The molecule has 0 fully saturated rings. The normalized spacial score (nSPS) is 10.4. The van der Waals surface area contributed by atoms with E-state index in [1.165, 1.54) is 0 Å². The van der Waals surface area contributed by atoms with Gasteiger partial charge >= 0.3 is 0 Å². The summed E-state index contributed by atoms with van der Waals surface area (Å²) >= 11 is 0. The Labute approximate surface area is 69.0 Å². The first-order valence-corrected chi connectivity index (χ1v) is 4.43. The lowest BCUT2D eigenvalue weighted by atomic mass is 10.2. The van der Waals surface area contributed by atoms with Crippen LogP contribution in [0.1, 0.15) is 25.7 Å². The average molecular weight is 160 g/mol. The Morgan fingerprint density at radius 3 is 2.36 bits per heavy atom. The highest BCUT2D eigenvalue weighted by molar-refractivity contribution is 4.49. The molecule has 0 saturated heterocycles. The number of unbranched alkanes of at least 4 members (excludes halogenated alkanes) is 2. The quantitative estimate of drug-likeness (QED) is 0.441. The molecule has 3 nitrogen and oxygen atoms in total. The zero-order valence-electron chi connectivity index (χ0n) is 7.18. The first kappa shape index (κ1) is 10.9. The molecule has 0 aromatic heterocycles. The molecule has 0 radical (unpaired) electrons. The van der Waals surface area contributed by atoms with Gasteiger partial charge in [-0.25, -0.2) is 0 Å². The van der Waals surface area contributed by atoms with E-state index in [4.69, 9.17) is 10.8 Å². The molecule has 3 heteroatoms. The molecular formula is C8H20N2O. The van der Waals surface area contributed by atoms with Gasteiger partial charge in [0.2, 0.25) is 0 Å². The van der Waals surface area contributed by atoms with Crippen LogP contribution < -0.4 is 11.1 Å². The van der Waals surface area contributed by atoms with Crippen molar-refractivity contribution in [2.45, 2.75) is 25.7 Å². The number of hydrogen-bond donors (Lipinski definition) is 3. The van der Waals surface area contributed by atoms with Crippen LogP contribution in [-0.4, -0.2) is 31.3 Å². The third-order valence-corrected chi connectivity index (χ3v) is 1.57. The van der Waals surface area contributed by atoms with E-state index in [9.17, 15) is 0 Å². The van der Waals surface area contributed by atoms with Crippen LogP contribution in [0.15, 0.2) is 0 Å². The summed E-state index contributed by atoms with van der Waals surface area (Å²) in [5.41, 5.74) is 5.32. The molecule has 0 aromatic rings. The Morgan fingerprint density at radius 2 is 1.73 bits per heavy atom. The zero-order valence-corrected chi connectivity index (χ0v) is 7.18. The molecular weight excluding hydrogens is 140 g/mol. The van der Waals surface area contributed by atoms with Gasteiger partial charge in [0, 0.05) is 6.61 Å². The van der Waals surface area contributed by atoms with E-state index in [1.807, 2.05) is 0 Å². The Balaban J connectivity index is 2.69. The van der Waals surface area contributed by atoms with Gasteiger partial charge in [-0.15, -0.1) is 0 Å². The minimum atomic E-state index is 0.322. The minimum absolute atomic E-state index is 0.322. The zero-order chi connectivity index (χ0) is 8.36. The van der Waals surface area contributed by atoms with E-state index in [-0.39, 0.29) is 0 Å². The van der Waals surface area contributed by atoms with Gasteiger partial charge in [0.25, 0.3) is 0 Å². The number of nitrogens with one attached hydrogen (secondary N) is 1. The van der Waals surface area contributed by atoms with Crippen LogP contribution >= 0.6 is 0 Å². The molecule has 0 unspecified atom stereocenters. The van der Waals surface area contributed by atoms with Crippen LogP contribution in [0.4, 0.5) is 0 Å². The molecule has 0 aromatic carbocycles. The maximum Gasteiger partial charge on any atom is 0.0431 e. The summed E-state index contributed by atoms with van der Waals surface area (Å²) in [6.45, 7) is 3.17. The number of aliphatic hydroxyl groups excluding tert-OH is 1. The minimum Gasteiger partial charge on any atom is -0.396 e. The van der Waals surface area contributed by atoms with Crippen molar-refractivity contribution in [1.29, 1.82) is 0 Å². The largest absolute Gasteiger partial charge is 0.396 e. The molecule has 0 aliphatic heterocycles. The van der Waals surface area contributed by atoms with Crippen molar-refractivity contribution in [2.75, 3.05) is 26.2 Å². The highest BCUT2D eigenvalue weighted by Gasteiger charge is 1.87. The van der Waals surface area contributed by atoms with Crippen molar-refractivity contribution in [1.82, 2.24) is 5.32 Å². The molecule has 11 heavy (non-hydrogen) atoms. The second kappa shape index (κ2) is 9.88. The van der Waals surface area contributed by atoms with Gasteiger partial charge in [0.15, 0.2) is 0 Å². The topological polar surface area (TPSA) is 58.3 Å². The van der Waals surface area contributed by atoms with Crippen molar-refractivity contribution in [3.8, 4) is 0 Å². The maximum absolute atomic E-state index is 8.47. The molecule has 0 heterocycles. The molecule has 0 aliphatic carbocycles. The predicted octanol–water partition coefficient (Wildman–Crippen LogP) is 0.0874. The van der Waals surface area contributed by atoms with Crippen molar-refractivity contribution in [3.05, 3.63) is 0 Å². The molecule has 0 spiro atoms. The van der Waals surface area contributed by atoms with E-state index in [1.54, 1.807) is 0 Å². The fourth-order valence-electron chi connectivity index (χ4n) is 0.891. The van der Waals surface area contributed by atoms with Crippen LogP contribution in [0, 0.1) is 0 Å². The second-order valence-electron chi connectivity index (χ2n) is 2.68. The lowest BCUT2D eigenvalue weighted by Crippen LogP contribution is -2.19. The van der Waals surface area contributed by atoms with E-state index in [0.29, 0.717) is 6.61 Å². The highest BCUT2D eigenvalue weighted by atomic mass is 16.2. The molecule has 4 N–H and O–H groups in total. The molecule has 0 atom stereocenters. The highest BCUT2D eigenvalue weighted by Crippen LogP contribution is 1.91. The monoisotopic (exact) mass is 160 g/mol. The van der Waals surface area contributed by atoms with Gasteiger partial charge < -0.3 is 16.2 Å². The number of rotatable bonds is 8. The Bertz CT molecular complexity index is 61.1. The molecule has 0 bridgehead atoms. The van der Waals surface area contributed by atoms with Crippen LogP contribution in [0.3, 0.4) is 0 Å². The van der Waals surface area contributed by atoms with Gasteiger partial charge in [-0.1, -0.05) is 0 Å². The summed E-state index contributed by atoms with van der Waals surface area (Å²) in [7, 11) is 0. The number of aliphatic hydroxyl groups is 1. The van der Waals surface area contributed by atoms with Gasteiger partial charge in [-0.05, 0) is 45.3 Å². The van der Waals surface area contributed by atoms with E-state index in [2.05, 4.69) is 5.32 Å². The standard InChI is InChI=1S/C8H20N2O/c9-5-4-7-10-6-2-1-3-8-11/h10-11H,1-9H2. The lowest BCUT2D eigenvalue weighted by Gasteiger charge is -2.01. The van der Waals surface area contributed by atoms with Gasteiger partial charge in [-0.2, -0.15) is 0 Å². The van der Waals surface area contributed by atoms with Crippen molar-refractivity contribution in [2.24, 2.45) is 5.73 Å². The first-order valence-electron chi connectivity index (χ1n) is 4.43. The van der Waals surface area contributed by atoms with E-state index >= 15 is 0 Å². The van der Waals surface area contributed by atoms with Crippen LogP contribution in [-0.2, 0) is 0 Å². The van der Waals surface area contributed by atoms with E-state index in [0.717, 1.165) is 45.3 Å². The second-order valence-corrected chi connectivity index (χ2v) is 2.68. The first-order chi connectivity index (χ1) is 5.41. The third kappa shape index (κ3) is 9.88. The lowest BCUT2D eigenvalue weighted by molar-refractivity contribution is 0.283. The van der Waals surface area contributed by atoms with E-state index < -0.39 is 0 Å². The van der Waals surface area contributed by atoms with Crippen LogP contribution in [0.5, 0.6) is 0 Å². The number of nitrogens with two attached hydrogens (primary N) is 1. The molecule has 0 amide bonds. The smallest absolute Gasteiger partial charge is 0.0431 e. The summed E-state index contributed by atoms with van der Waals surface area (Å²) in [6.07, 6.45) is 4.26. The Hall–Kier alpha value is -0.120. The van der Waals surface area contributed by atoms with Crippen LogP contribution in [0.25, 0.3) is 0 Å². The molecule has 0 saturated carbocycles. The van der Waals surface area contributed by atoms with Crippen molar-refractivity contribution < 1.29 is 5.11 Å². The summed E-state index contributed by atoms with van der Waals surface area (Å²) in [5, 5.41) is 11.8. The van der Waals surface area contributed by atoms with Gasteiger partial charge in [-0.3, -0.25) is 0 Å². The molecule has 0 aliphatic rings. The third-order valence-electron chi connectivity index (χ3n) is 1.57. The Morgan fingerprint density at radius 1 is 1.00 bits per heavy atom. The van der Waals surface area contributed by atoms with Crippen molar-refractivity contribution >= 4 is 0 Å². The maximum atomic E-state index is 8.47. The van der Waals surface area contributed by atoms with Crippen molar-refractivity contribution in [3.63, 3.8) is 0 Å². The Kier molecular flexibility index (Phi) is 9.77. The molecule has 68 valence electrons. The van der Waals surface area contributed by atoms with Crippen LogP contribution in [0.2, 0.25) is 0 Å². The van der Waals surface area contributed by atoms with Gasteiger partial charge in [0.1, 0.15) is 0 Å². The molecule has 0 rings (SSSR count). The summed E-state index contributed by atoms with van der Waals surface area (Å²) < 4.78 is 0. The average Bonchev–Trinajstić information content (AvgIpc) is 2.03. The summed E-state index contributed by atoms with van der Waals surface area (Å²) in [5.74, 6) is 0. The van der Waals surface area contributed by atoms with Gasteiger partial charge in [0.05, 0.1) is 0 Å².